The van der Waals surface area contributed by atoms with Crippen molar-refractivity contribution < 1.29 is 16.8 Å². The molecule has 7 aromatic heterocycles. The van der Waals surface area contributed by atoms with Gasteiger partial charge in [-0.3, -0.25) is 19.9 Å². The van der Waals surface area contributed by atoms with E-state index in [2.05, 4.69) is 19.9 Å². The van der Waals surface area contributed by atoms with Crippen LogP contribution in [0, 0.1) is 0 Å². The van der Waals surface area contributed by atoms with Crippen molar-refractivity contribution in [3.05, 3.63) is 145 Å². The van der Waals surface area contributed by atoms with Gasteiger partial charge in [-0.05, 0) is 70.8 Å². The van der Waals surface area contributed by atoms with Crippen molar-refractivity contribution in [3.63, 3.8) is 0 Å². The Bertz CT molecular complexity index is 2400. The molecule has 2 aliphatic rings. The van der Waals surface area contributed by atoms with Crippen molar-refractivity contribution >= 4 is 46.4 Å². The van der Waals surface area contributed by atoms with Gasteiger partial charge in [-0.1, -0.05) is 48.5 Å². The molecule has 49 heavy (non-hydrogen) atoms. The molecule has 0 aromatic carbocycles. The second kappa shape index (κ2) is 12.7. The minimum absolute atomic E-state index is 0. The molecule has 0 fully saturated rings. The molecule has 0 spiro atoms. The molecular weight excluding hydrogens is 651 g/mol. The van der Waals surface area contributed by atoms with Gasteiger partial charge in [0.05, 0.1) is 22.8 Å². The van der Waals surface area contributed by atoms with Crippen LogP contribution in [0.3, 0.4) is 0 Å². The van der Waals surface area contributed by atoms with Gasteiger partial charge in [0.15, 0.2) is 0 Å². The number of fused-ring (bicyclic) bond motifs is 8. The topological polar surface area (TPSA) is 106 Å². The monoisotopic (exact) mass is 675 g/mol. The molecule has 9 heteroatoms. The number of hydrogen-bond acceptors (Lipinski definition) is 6. The Balaban J connectivity index is 0.00000348. The van der Waals surface area contributed by atoms with Crippen LogP contribution >= 0.6 is 0 Å². The maximum atomic E-state index is 5.23. The first-order valence-corrected chi connectivity index (χ1v) is 15.5. The third-order valence-corrected chi connectivity index (χ3v) is 8.41. The van der Waals surface area contributed by atoms with Crippen LogP contribution in [0.4, 0.5) is 0 Å². The molecule has 8 bridgehead atoms. The van der Waals surface area contributed by atoms with Crippen LogP contribution in [0.2, 0.25) is 0 Å². The fraction of sp³-hybridized carbons (Fsp3) is 0. The molecule has 233 valence electrons. The first-order chi connectivity index (χ1) is 23.8. The van der Waals surface area contributed by atoms with Gasteiger partial charge in [0.1, 0.15) is 0 Å². The van der Waals surface area contributed by atoms with Crippen molar-refractivity contribution in [1.29, 1.82) is 0 Å². The molecule has 0 unspecified atom stereocenters. The largest absolute Gasteiger partial charge is 2.00 e. The molecule has 9 rings (SSSR count). The Morgan fingerprint density at radius 1 is 0.347 bits per heavy atom. The van der Waals surface area contributed by atoms with E-state index >= 15 is 0 Å². The van der Waals surface area contributed by atoms with Crippen LogP contribution in [0.5, 0.6) is 0 Å². The molecule has 0 atom stereocenters. The molecule has 7 aromatic rings. The summed E-state index contributed by atoms with van der Waals surface area (Å²) in [5.74, 6) is 0. The summed E-state index contributed by atoms with van der Waals surface area (Å²) in [6.45, 7) is 0. The molecule has 0 aliphatic carbocycles. The van der Waals surface area contributed by atoms with Crippen molar-refractivity contribution in [1.82, 2.24) is 39.9 Å². The summed E-state index contributed by atoms with van der Waals surface area (Å²) in [5, 5.41) is 0. The molecule has 8 nitrogen and oxygen atoms in total. The van der Waals surface area contributed by atoms with Gasteiger partial charge in [-0.25, -0.2) is 9.97 Å². The summed E-state index contributed by atoms with van der Waals surface area (Å²) in [6.07, 6.45) is 22.6. The summed E-state index contributed by atoms with van der Waals surface area (Å²) in [4.78, 5) is 38.7. The van der Waals surface area contributed by atoms with Crippen molar-refractivity contribution in [2.24, 2.45) is 0 Å². The van der Waals surface area contributed by atoms with Crippen LogP contribution in [0.15, 0.2) is 122 Å². The molecule has 0 saturated carbocycles. The SMILES string of the molecule is C1=Cc2nc1c(-c1cccnc1)c1nc(c(-c3cccnc3)c3ccc([n-]3)c(-c3cccnc3)c3ccc([n-]3)c2-c2cccnc2)C=C1.[Co+2]. The first kappa shape index (κ1) is 30.1. The fourth-order valence-corrected chi connectivity index (χ4v) is 6.31. The van der Waals surface area contributed by atoms with Crippen LogP contribution in [0.25, 0.3) is 90.9 Å². The maximum Gasteiger partial charge on any atom is 2.00 e. The van der Waals surface area contributed by atoms with Crippen molar-refractivity contribution in [2.75, 3.05) is 0 Å². The molecule has 1 radical (unpaired) electrons. The second-order valence-corrected chi connectivity index (χ2v) is 11.3. The van der Waals surface area contributed by atoms with Gasteiger partial charge in [0.25, 0.3) is 0 Å². The molecule has 0 saturated heterocycles. The van der Waals surface area contributed by atoms with Crippen molar-refractivity contribution in [3.8, 4) is 44.5 Å². The number of aromatic nitrogens is 8. The van der Waals surface area contributed by atoms with Crippen LogP contribution in [-0.4, -0.2) is 29.9 Å². The summed E-state index contributed by atoms with van der Waals surface area (Å²) < 4.78 is 0. The van der Waals surface area contributed by atoms with E-state index in [0.717, 1.165) is 89.4 Å². The quantitative estimate of drug-likeness (QED) is 0.184. The van der Waals surface area contributed by atoms with Gasteiger partial charge >= 0.3 is 16.8 Å². The summed E-state index contributed by atoms with van der Waals surface area (Å²) in [7, 11) is 0. The minimum Gasteiger partial charge on any atom is -0.657 e. The Labute approximate surface area is 291 Å². The van der Waals surface area contributed by atoms with E-state index in [-0.39, 0.29) is 16.8 Å². The van der Waals surface area contributed by atoms with Gasteiger partial charge in [0.2, 0.25) is 0 Å². The number of nitrogens with zero attached hydrogens (tertiary/aromatic N) is 8. The Morgan fingerprint density at radius 2 is 0.653 bits per heavy atom. The third-order valence-electron chi connectivity index (χ3n) is 8.41. The standard InChI is InChI=1S/C40H24N8.Co/c1-5-25(21-41-17-1)37-29-9-11-31(45-29)38(26-6-2-18-42-22-26)33-13-15-35(47-33)40(28-8-4-20-44-24-28)36-16-14-34(48-36)39(27-7-3-19-43-23-27)32-12-10-30(37)46-32;/h1-24H;/q-2;+2. The number of rotatable bonds is 4. The smallest absolute Gasteiger partial charge is 0.657 e. The zero-order valence-corrected chi connectivity index (χ0v) is 26.8. The van der Waals surface area contributed by atoms with E-state index in [4.69, 9.17) is 19.9 Å². The van der Waals surface area contributed by atoms with E-state index < -0.39 is 0 Å². The van der Waals surface area contributed by atoms with E-state index in [9.17, 15) is 0 Å². The zero-order valence-electron chi connectivity index (χ0n) is 25.8. The normalized spacial score (nSPS) is 11.8. The van der Waals surface area contributed by atoms with Crippen LogP contribution in [-0.2, 0) is 16.8 Å². The van der Waals surface area contributed by atoms with E-state index in [1.54, 1.807) is 24.8 Å². The van der Waals surface area contributed by atoms with E-state index in [1.165, 1.54) is 0 Å². The number of hydrogen-bond donors (Lipinski definition) is 0. The Hall–Kier alpha value is -6.29. The summed E-state index contributed by atoms with van der Waals surface area (Å²) >= 11 is 0. The van der Waals surface area contributed by atoms with Crippen molar-refractivity contribution in [2.45, 2.75) is 0 Å². The Kier molecular flexibility index (Phi) is 7.81. The minimum atomic E-state index is 0. The van der Waals surface area contributed by atoms with E-state index in [1.807, 2.05) is 122 Å². The fourth-order valence-electron chi connectivity index (χ4n) is 6.31. The molecule has 2 aliphatic heterocycles. The summed E-state index contributed by atoms with van der Waals surface area (Å²) in [6, 6.07) is 24.0. The Morgan fingerprint density at radius 3 is 1.00 bits per heavy atom. The molecular formula is C40H24CoN8. The predicted molar refractivity (Wildman–Crippen MR) is 190 cm³/mol. The van der Waals surface area contributed by atoms with Crippen LogP contribution in [0.1, 0.15) is 22.8 Å². The molecule has 9 heterocycles. The maximum absolute atomic E-state index is 5.23. The average molecular weight is 676 g/mol. The van der Waals surface area contributed by atoms with Gasteiger partial charge in [0, 0.05) is 71.8 Å². The first-order valence-electron chi connectivity index (χ1n) is 15.5. The second-order valence-electron chi connectivity index (χ2n) is 11.3. The zero-order chi connectivity index (χ0) is 31.9. The van der Waals surface area contributed by atoms with Crippen LogP contribution < -0.4 is 9.97 Å². The van der Waals surface area contributed by atoms with Gasteiger partial charge in [-0.2, -0.15) is 0 Å². The average Bonchev–Trinajstić information content (AvgIpc) is 3.98. The van der Waals surface area contributed by atoms with E-state index in [0.29, 0.717) is 0 Å². The summed E-state index contributed by atoms with van der Waals surface area (Å²) in [5.41, 5.74) is 13.4. The molecule has 0 amide bonds. The third kappa shape index (κ3) is 5.46. The number of pyridine rings is 4. The van der Waals surface area contributed by atoms with Gasteiger partial charge in [-0.15, -0.1) is 22.1 Å². The molecule has 0 N–H and O–H groups in total. The predicted octanol–water partition coefficient (Wildman–Crippen LogP) is 8.16. The van der Waals surface area contributed by atoms with Gasteiger partial charge < -0.3 is 9.97 Å².